The minimum Gasteiger partial charge on any atom is -0.394 e. The molecular weight excluding hydrogens is 530 g/mol. The minimum atomic E-state index is -1.23. The molecule has 0 radical (unpaired) electrons. The number of benzene rings is 2. The van der Waals surface area contributed by atoms with Crippen molar-refractivity contribution in [2.75, 3.05) is 31.6 Å². The Morgan fingerprint density at radius 2 is 1.69 bits per heavy atom. The largest absolute Gasteiger partial charge is 0.394 e. The van der Waals surface area contributed by atoms with Crippen molar-refractivity contribution in [1.82, 2.24) is 9.80 Å². The number of amides is 3. The van der Waals surface area contributed by atoms with E-state index in [1.807, 2.05) is 69.3 Å². The van der Waals surface area contributed by atoms with Gasteiger partial charge in [-0.2, -0.15) is 0 Å². The molecule has 2 aromatic carbocycles. The van der Waals surface area contributed by atoms with Gasteiger partial charge in [0, 0.05) is 25.8 Å². The minimum absolute atomic E-state index is 0.205. The summed E-state index contributed by atoms with van der Waals surface area (Å²) in [5, 5.41) is 10.8. The molecule has 1 N–H and O–H groups in total. The van der Waals surface area contributed by atoms with E-state index in [0.29, 0.717) is 24.9 Å². The van der Waals surface area contributed by atoms with Crippen molar-refractivity contribution < 1.29 is 24.2 Å². The number of likely N-dealkylation sites (tertiary alicyclic amines) is 1. The molecule has 2 unspecified atom stereocenters. The fourth-order valence-corrected chi connectivity index (χ4v) is 7.70. The molecule has 8 heteroatoms. The molecule has 6 atom stereocenters. The van der Waals surface area contributed by atoms with Crippen LogP contribution in [0.4, 0.5) is 5.69 Å². The Morgan fingerprint density at radius 1 is 1.05 bits per heavy atom. The van der Waals surface area contributed by atoms with Gasteiger partial charge in [-0.1, -0.05) is 60.7 Å². The lowest BCUT2D eigenvalue weighted by Crippen LogP contribution is -2.57. The van der Waals surface area contributed by atoms with Gasteiger partial charge in [0.05, 0.1) is 30.1 Å². The van der Waals surface area contributed by atoms with Crippen molar-refractivity contribution in [2.45, 2.75) is 56.9 Å². The van der Waals surface area contributed by atoms with Gasteiger partial charge in [-0.25, -0.2) is 0 Å². The van der Waals surface area contributed by atoms with Gasteiger partial charge in [-0.3, -0.25) is 14.4 Å². The van der Waals surface area contributed by atoms with Gasteiger partial charge in [-0.15, -0.1) is 13.2 Å². The standard InChI is InChI=1S/C34H41N3O5/c1-7-19-35(6)30(39)26-27-31(40)37(25(21-38)24-15-10-9-11-16-24)29(34(27)18-17-33(26,5)42-34)32(41)36(20-8-2)28-22(3)13-12-14-23(28)4/h7-16,25-27,29,38H,1-2,17-21H2,3-6H3/t25-,26+,27+,29?,33-,34?/m1/s1. The Labute approximate surface area is 248 Å². The van der Waals surface area contributed by atoms with Gasteiger partial charge in [0.25, 0.3) is 5.91 Å². The molecule has 3 amide bonds. The highest BCUT2D eigenvalue weighted by Crippen LogP contribution is 2.64. The smallest absolute Gasteiger partial charge is 0.253 e. The quantitative estimate of drug-likeness (QED) is 0.436. The van der Waals surface area contributed by atoms with Crippen LogP contribution >= 0.6 is 0 Å². The van der Waals surface area contributed by atoms with Crippen LogP contribution in [0.2, 0.25) is 0 Å². The first-order chi connectivity index (χ1) is 20.1. The fourth-order valence-electron chi connectivity index (χ4n) is 7.70. The van der Waals surface area contributed by atoms with Crippen LogP contribution < -0.4 is 4.90 Å². The summed E-state index contributed by atoms with van der Waals surface area (Å²) in [5.41, 5.74) is 1.17. The van der Waals surface area contributed by atoms with Crippen LogP contribution in [-0.4, -0.2) is 76.6 Å². The van der Waals surface area contributed by atoms with E-state index >= 15 is 4.79 Å². The molecule has 3 heterocycles. The number of nitrogens with zero attached hydrogens (tertiary/aromatic N) is 3. The number of fused-ring (bicyclic) bond motifs is 1. The lowest BCUT2D eigenvalue weighted by Gasteiger charge is -2.40. The predicted octanol–water partition coefficient (Wildman–Crippen LogP) is 3.97. The van der Waals surface area contributed by atoms with Crippen LogP contribution in [-0.2, 0) is 19.1 Å². The highest BCUT2D eigenvalue weighted by molar-refractivity contribution is 6.06. The average Bonchev–Trinajstić information content (AvgIpc) is 3.54. The molecule has 0 aromatic heterocycles. The maximum Gasteiger partial charge on any atom is 0.253 e. The second-order valence-corrected chi connectivity index (χ2v) is 12.1. The Balaban J connectivity index is 1.70. The van der Waals surface area contributed by atoms with Crippen LogP contribution in [0.1, 0.15) is 42.5 Å². The maximum absolute atomic E-state index is 15.0. The number of carbonyl (C=O) groups excluding carboxylic acids is 3. The average molecular weight is 572 g/mol. The van der Waals surface area contributed by atoms with E-state index in [2.05, 4.69) is 13.2 Å². The lowest BCUT2D eigenvalue weighted by atomic mass is 9.66. The summed E-state index contributed by atoms with van der Waals surface area (Å²) < 4.78 is 6.83. The molecule has 222 valence electrons. The van der Waals surface area contributed by atoms with E-state index in [0.717, 1.165) is 16.8 Å². The van der Waals surface area contributed by atoms with E-state index < -0.39 is 35.1 Å². The number of para-hydroxylation sites is 1. The van der Waals surface area contributed by atoms with E-state index in [4.69, 9.17) is 4.74 Å². The Hall–Kier alpha value is -3.75. The van der Waals surface area contributed by atoms with E-state index in [9.17, 15) is 14.7 Å². The normalized spacial score (nSPS) is 28.4. The van der Waals surface area contributed by atoms with Crippen LogP contribution in [0.3, 0.4) is 0 Å². The number of likely N-dealkylation sites (N-methyl/N-ethyl adjacent to an activating group) is 1. The number of aryl methyl sites for hydroxylation is 2. The monoisotopic (exact) mass is 571 g/mol. The van der Waals surface area contributed by atoms with Crippen LogP contribution in [0.5, 0.6) is 0 Å². The second kappa shape index (κ2) is 11.2. The molecule has 3 aliphatic rings. The van der Waals surface area contributed by atoms with Gasteiger partial charge >= 0.3 is 0 Å². The zero-order valence-electron chi connectivity index (χ0n) is 25.0. The summed E-state index contributed by atoms with van der Waals surface area (Å²) in [6.45, 7) is 13.6. The molecule has 2 bridgehead atoms. The number of aliphatic hydroxyl groups is 1. The molecule has 5 rings (SSSR count). The zero-order chi connectivity index (χ0) is 30.4. The third-order valence-electron chi connectivity index (χ3n) is 9.47. The van der Waals surface area contributed by atoms with Crippen LogP contribution in [0.25, 0.3) is 0 Å². The summed E-state index contributed by atoms with van der Waals surface area (Å²) >= 11 is 0. The first kappa shape index (κ1) is 29.7. The van der Waals surface area contributed by atoms with Crippen molar-refractivity contribution >= 4 is 23.4 Å². The summed E-state index contributed by atoms with van der Waals surface area (Å²) in [6, 6.07) is 13.2. The number of aliphatic hydroxyl groups excluding tert-OH is 1. The fraction of sp³-hybridized carbons (Fsp3) is 0.441. The highest BCUT2D eigenvalue weighted by atomic mass is 16.5. The van der Waals surface area contributed by atoms with Crippen LogP contribution in [0.15, 0.2) is 73.8 Å². The first-order valence-corrected chi connectivity index (χ1v) is 14.6. The third kappa shape index (κ3) is 4.39. The van der Waals surface area contributed by atoms with Crippen molar-refractivity contribution in [3.63, 3.8) is 0 Å². The second-order valence-electron chi connectivity index (χ2n) is 12.1. The van der Waals surface area contributed by atoms with Crippen LogP contribution in [0, 0.1) is 25.7 Å². The Morgan fingerprint density at radius 3 is 2.29 bits per heavy atom. The number of carbonyl (C=O) groups is 3. The van der Waals surface area contributed by atoms with E-state index in [1.165, 1.54) is 4.90 Å². The summed E-state index contributed by atoms with van der Waals surface area (Å²) in [4.78, 5) is 48.4. The van der Waals surface area contributed by atoms with Gasteiger partial charge in [0.2, 0.25) is 11.8 Å². The highest BCUT2D eigenvalue weighted by Gasteiger charge is 2.79. The number of anilines is 1. The topological polar surface area (TPSA) is 90.4 Å². The number of hydrogen-bond acceptors (Lipinski definition) is 5. The lowest BCUT2D eigenvalue weighted by molar-refractivity contribution is -0.151. The number of hydrogen-bond donors (Lipinski definition) is 1. The van der Waals surface area contributed by atoms with Gasteiger partial charge in [0.15, 0.2) is 0 Å². The molecule has 3 fully saturated rings. The van der Waals surface area contributed by atoms with Gasteiger partial charge < -0.3 is 24.5 Å². The molecule has 0 saturated carbocycles. The first-order valence-electron chi connectivity index (χ1n) is 14.6. The summed E-state index contributed by atoms with van der Waals surface area (Å²) in [6.07, 6.45) is 4.30. The van der Waals surface area contributed by atoms with Crippen molar-refractivity contribution in [3.05, 3.63) is 90.5 Å². The Kier molecular flexibility index (Phi) is 7.89. The van der Waals surface area contributed by atoms with E-state index in [-0.39, 0.29) is 30.9 Å². The molecule has 2 aromatic rings. The zero-order valence-corrected chi connectivity index (χ0v) is 25.0. The molecule has 0 aliphatic carbocycles. The van der Waals surface area contributed by atoms with Crippen molar-refractivity contribution in [1.29, 1.82) is 0 Å². The molecule has 1 spiro atoms. The van der Waals surface area contributed by atoms with E-state index in [1.54, 1.807) is 29.0 Å². The number of ether oxygens (including phenoxy) is 1. The molecular formula is C34H41N3O5. The van der Waals surface area contributed by atoms with Crippen molar-refractivity contribution in [2.24, 2.45) is 11.8 Å². The predicted molar refractivity (Wildman–Crippen MR) is 162 cm³/mol. The third-order valence-corrected chi connectivity index (χ3v) is 9.47. The molecule has 42 heavy (non-hydrogen) atoms. The SMILES string of the molecule is C=CCN(C)C(=O)[C@@H]1[C@H]2C(=O)N([C@H](CO)c3ccccc3)C(C(=O)N(CC=C)c3c(C)cccc3C)C23CC[C@@]1(C)O3. The number of rotatable bonds is 10. The maximum atomic E-state index is 15.0. The van der Waals surface area contributed by atoms with Crippen molar-refractivity contribution in [3.8, 4) is 0 Å². The molecule has 3 aliphatic heterocycles. The molecule has 8 nitrogen and oxygen atoms in total. The summed E-state index contributed by atoms with van der Waals surface area (Å²) in [7, 11) is 1.69. The van der Waals surface area contributed by atoms with Gasteiger partial charge in [0.1, 0.15) is 11.6 Å². The Bertz CT molecular complexity index is 1390. The summed E-state index contributed by atoms with van der Waals surface area (Å²) in [5.74, 6) is -2.50. The van der Waals surface area contributed by atoms with Gasteiger partial charge in [-0.05, 0) is 50.3 Å². The molecule has 3 saturated heterocycles.